The minimum Gasteiger partial charge on any atom is -0.496 e. The molecule has 0 aliphatic carbocycles. The Morgan fingerprint density at radius 3 is 2.39 bits per heavy atom. The van der Waals surface area contributed by atoms with Crippen LogP contribution in [0, 0.1) is 20.8 Å². The van der Waals surface area contributed by atoms with E-state index in [1.807, 2.05) is 26.0 Å². The van der Waals surface area contributed by atoms with Crippen LogP contribution in [0.15, 0.2) is 28.9 Å². The summed E-state index contributed by atoms with van der Waals surface area (Å²) in [5, 5.41) is 0. The van der Waals surface area contributed by atoms with Gasteiger partial charge in [-0.05, 0) is 38.0 Å². The molecule has 0 fully saturated rings. The fourth-order valence-corrected chi connectivity index (χ4v) is 2.21. The van der Waals surface area contributed by atoms with Crippen molar-refractivity contribution in [2.45, 2.75) is 26.8 Å². The SMILES string of the molecule is COc1c(C(N)c2ccoc2C)ccc(C)c1C. The lowest BCUT2D eigenvalue weighted by molar-refractivity contribution is 0.404. The average molecular weight is 245 g/mol. The third-order valence-corrected chi connectivity index (χ3v) is 3.48. The second-order valence-electron chi connectivity index (χ2n) is 4.54. The molecular weight excluding hydrogens is 226 g/mol. The van der Waals surface area contributed by atoms with Crippen molar-refractivity contribution in [3.8, 4) is 5.75 Å². The van der Waals surface area contributed by atoms with Gasteiger partial charge in [-0.15, -0.1) is 0 Å². The molecule has 3 nitrogen and oxygen atoms in total. The zero-order valence-electron chi connectivity index (χ0n) is 11.3. The zero-order valence-corrected chi connectivity index (χ0v) is 11.3. The van der Waals surface area contributed by atoms with E-state index in [9.17, 15) is 0 Å². The monoisotopic (exact) mass is 245 g/mol. The Kier molecular flexibility index (Phi) is 3.43. The Bertz CT molecular complexity index is 558. The van der Waals surface area contributed by atoms with E-state index in [1.54, 1.807) is 13.4 Å². The number of furan rings is 1. The summed E-state index contributed by atoms with van der Waals surface area (Å²) < 4.78 is 10.8. The van der Waals surface area contributed by atoms with Crippen molar-refractivity contribution in [2.75, 3.05) is 7.11 Å². The smallest absolute Gasteiger partial charge is 0.127 e. The minimum absolute atomic E-state index is 0.224. The van der Waals surface area contributed by atoms with Crippen LogP contribution in [0.1, 0.15) is 34.1 Å². The summed E-state index contributed by atoms with van der Waals surface area (Å²) in [4.78, 5) is 0. The second kappa shape index (κ2) is 4.86. The molecule has 0 aliphatic rings. The number of hydrogen-bond acceptors (Lipinski definition) is 3. The highest BCUT2D eigenvalue weighted by molar-refractivity contribution is 5.49. The molecule has 18 heavy (non-hydrogen) atoms. The molecule has 96 valence electrons. The first kappa shape index (κ1) is 12.7. The summed E-state index contributed by atoms with van der Waals surface area (Å²) in [7, 11) is 1.68. The van der Waals surface area contributed by atoms with Gasteiger partial charge >= 0.3 is 0 Å². The molecule has 0 aliphatic heterocycles. The molecule has 1 heterocycles. The lowest BCUT2D eigenvalue weighted by atomic mass is 9.95. The van der Waals surface area contributed by atoms with Gasteiger partial charge < -0.3 is 14.9 Å². The van der Waals surface area contributed by atoms with E-state index in [0.29, 0.717) is 0 Å². The van der Waals surface area contributed by atoms with Crippen molar-refractivity contribution in [3.63, 3.8) is 0 Å². The Morgan fingerprint density at radius 1 is 1.11 bits per heavy atom. The van der Waals surface area contributed by atoms with Gasteiger partial charge in [0.2, 0.25) is 0 Å². The normalized spacial score (nSPS) is 12.5. The van der Waals surface area contributed by atoms with Gasteiger partial charge in [-0.25, -0.2) is 0 Å². The van der Waals surface area contributed by atoms with Crippen LogP contribution in [0.5, 0.6) is 5.75 Å². The molecule has 0 radical (unpaired) electrons. The summed E-state index contributed by atoms with van der Waals surface area (Å²) in [6, 6.07) is 5.79. The van der Waals surface area contributed by atoms with Crippen LogP contribution >= 0.6 is 0 Å². The van der Waals surface area contributed by atoms with Crippen LogP contribution in [0.4, 0.5) is 0 Å². The summed E-state index contributed by atoms with van der Waals surface area (Å²) in [5.74, 6) is 1.71. The predicted octanol–water partition coefficient (Wildman–Crippen LogP) is 3.26. The van der Waals surface area contributed by atoms with Gasteiger partial charge in [0.15, 0.2) is 0 Å². The molecule has 2 rings (SSSR count). The lowest BCUT2D eigenvalue weighted by Gasteiger charge is -2.18. The standard InChI is InChI=1S/C15H19NO2/c1-9-5-6-13(15(17-4)10(9)2)14(16)12-7-8-18-11(12)3/h5-8,14H,16H2,1-4H3. The number of methoxy groups -OCH3 is 1. The maximum atomic E-state index is 6.32. The Morgan fingerprint density at radius 2 is 1.83 bits per heavy atom. The van der Waals surface area contributed by atoms with E-state index in [2.05, 4.69) is 13.0 Å². The molecule has 0 spiro atoms. The molecule has 2 N–H and O–H groups in total. The van der Waals surface area contributed by atoms with E-state index in [-0.39, 0.29) is 6.04 Å². The summed E-state index contributed by atoms with van der Waals surface area (Å²) >= 11 is 0. The maximum Gasteiger partial charge on any atom is 0.127 e. The molecule has 2 aromatic rings. The van der Waals surface area contributed by atoms with Crippen LogP contribution in [0.3, 0.4) is 0 Å². The van der Waals surface area contributed by atoms with E-state index < -0.39 is 0 Å². The number of aryl methyl sites for hydroxylation is 2. The fraction of sp³-hybridized carbons (Fsp3) is 0.333. The Hall–Kier alpha value is -1.74. The molecule has 0 saturated heterocycles. The maximum absolute atomic E-state index is 6.32. The van der Waals surface area contributed by atoms with Crippen molar-refractivity contribution in [3.05, 3.63) is 52.5 Å². The highest BCUT2D eigenvalue weighted by atomic mass is 16.5. The van der Waals surface area contributed by atoms with Crippen LogP contribution < -0.4 is 10.5 Å². The topological polar surface area (TPSA) is 48.4 Å². The third-order valence-electron chi connectivity index (χ3n) is 3.48. The highest BCUT2D eigenvalue weighted by Crippen LogP contribution is 2.33. The van der Waals surface area contributed by atoms with Crippen molar-refractivity contribution in [2.24, 2.45) is 5.73 Å². The van der Waals surface area contributed by atoms with E-state index in [4.69, 9.17) is 14.9 Å². The van der Waals surface area contributed by atoms with Gasteiger partial charge in [0.25, 0.3) is 0 Å². The number of nitrogens with two attached hydrogens (primary N) is 1. The molecule has 1 aromatic heterocycles. The van der Waals surface area contributed by atoms with Gasteiger partial charge in [0.05, 0.1) is 19.4 Å². The number of ether oxygens (including phenoxy) is 1. The van der Waals surface area contributed by atoms with Gasteiger partial charge in [-0.2, -0.15) is 0 Å². The molecule has 1 unspecified atom stereocenters. The molecule has 3 heteroatoms. The first-order valence-corrected chi connectivity index (χ1v) is 6.00. The molecule has 0 saturated carbocycles. The minimum atomic E-state index is -0.224. The van der Waals surface area contributed by atoms with Crippen LogP contribution in [0.25, 0.3) is 0 Å². The molecule has 0 bridgehead atoms. The van der Waals surface area contributed by atoms with Gasteiger partial charge in [0.1, 0.15) is 11.5 Å². The van der Waals surface area contributed by atoms with Crippen molar-refractivity contribution in [1.29, 1.82) is 0 Å². The summed E-state index contributed by atoms with van der Waals surface area (Å²) in [5.41, 5.74) is 10.6. The second-order valence-corrected chi connectivity index (χ2v) is 4.54. The van der Waals surface area contributed by atoms with Crippen LogP contribution in [0.2, 0.25) is 0 Å². The van der Waals surface area contributed by atoms with Crippen molar-refractivity contribution in [1.82, 2.24) is 0 Å². The van der Waals surface area contributed by atoms with E-state index >= 15 is 0 Å². The first-order valence-electron chi connectivity index (χ1n) is 6.00. The molecule has 1 atom stereocenters. The van der Waals surface area contributed by atoms with Crippen LogP contribution in [-0.2, 0) is 0 Å². The highest BCUT2D eigenvalue weighted by Gasteiger charge is 2.19. The largest absolute Gasteiger partial charge is 0.496 e. The third kappa shape index (κ3) is 2.02. The molecule has 0 amide bonds. The van der Waals surface area contributed by atoms with Gasteiger partial charge in [0, 0.05) is 11.1 Å². The predicted molar refractivity (Wildman–Crippen MR) is 71.9 cm³/mol. The van der Waals surface area contributed by atoms with E-state index in [1.165, 1.54) is 5.56 Å². The fourth-order valence-electron chi connectivity index (χ4n) is 2.21. The first-order chi connectivity index (χ1) is 8.56. The molecular formula is C15H19NO2. The summed E-state index contributed by atoms with van der Waals surface area (Å²) in [6.07, 6.45) is 1.66. The number of benzene rings is 1. The van der Waals surface area contributed by atoms with Crippen molar-refractivity contribution < 1.29 is 9.15 Å². The zero-order chi connectivity index (χ0) is 13.3. The number of rotatable bonds is 3. The average Bonchev–Trinajstić information content (AvgIpc) is 2.78. The number of hydrogen-bond donors (Lipinski definition) is 1. The van der Waals surface area contributed by atoms with E-state index in [0.717, 1.165) is 28.2 Å². The Balaban J connectivity index is 2.52. The van der Waals surface area contributed by atoms with Gasteiger partial charge in [-0.3, -0.25) is 0 Å². The summed E-state index contributed by atoms with van der Waals surface area (Å²) in [6.45, 7) is 6.03. The molecule has 1 aromatic carbocycles. The Labute approximate surface area is 108 Å². The van der Waals surface area contributed by atoms with Gasteiger partial charge in [-0.1, -0.05) is 12.1 Å². The van der Waals surface area contributed by atoms with Crippen molar-refractivity contribution >= 4 is 0 Å². The lowest BCUT2D eigenvalue weighted by Crippen LogP contribution is -2.14. The quantitative estimate of drug-likeness (QED) is 0.902. The van der Waals surface area contributed by atoms with Crippen LogP contribution in [-0.4, -0.2) is 7.11 Å².